The lowest BCUT2D eigenvalue weighted by molar-refractivity contribution is -0.153. The minimum absolute atomic E-state index is 0.00505. The first-order valence-corrected chi connectivity index (χ1v) is 15.6. The van der Waals surface area contributed by atoms with Gasteiger partial charge in [0.2, 0.25) is 11.8 Å². The Morgan fingerprint density at radius 3 is 2.51 bits per heavy atom. The smallest absolute Gasteiger partial charge is 0.422 e. The summed E-state index contributed by atoms with van der Waals surface area (Å²) in [7, 11) is 0. The van der Waals surface area contributed by atoms with Gasteiger partial charge in [-0.1, -0.05) is 40.5 Å². The molecule has 6 atom stereocenters. The number of ketones is 1. The molecule has 246 valence electrons. The molecule has 1 N–H and O–H groups in total. The molecule has 3 heterocycles. The largest absolute Gasteiger partial charge is 0.484 e. The van der Waals surface area contributed by atoms with Crippen molar-refractivity contribution in [1.82, 2.24) is 20.2 Å². The summed E-state index contributed by atoms with van der Waals surface area (Å²) in [5.74, 6) is -0.590. The van der Waals surface area contributed by atoms with E-state index in [0.29, 0.717) is 23.1 Å². The van der Waals surface area contributed by atoms with Crippen molar-refractivity contribution in [2.24, 2.45) is 17.3 Å². The fraction of sp³-hybridized carbons (Fsp3) is 0.656. The van der Waals surface area contributed by atoms with E-state index >= 15 is 0 Å². The molecule has 1 saturated heterocycles. The number of benzene rings is 1. The van der Waals surface area contributed by atoms with Crippen molar-refractivity contribution in [3.05, 3.63) is 23.9 Å². The van der Waals surface area contributed by atoms with Gasteiger partial charge in [0.25, 0.3) is 0 Å². The minimum atomic E-state index is -4.49. The van der Waals surface area contributed by atoms with Crippen LogP contribution in [0.2, 0.25) is 0 Å². The Morgan fingerprint density at radius 1 is 1.07 bits per heavy atom. The Labute approximate surface area is 260 Å². The lowest BCUT2D eigenvalue weighted by atomic mass is 9.85. The van der Waals surface area contributed by atoms with E-state index in [1.807, 2.05) is 27.7 Å². The normalized spacial score (nSPS) is 28.1. The van der Waals surface area contributed by atoms with Crippen molar-refractivity contribution in [3.8, 4) is 11.6 Å². The Bertz CT molecular complexity index is 1440. The van der Waals surface area contributed by atoms with Crippen LogP contribution in [-0.2, 0) is 20.7 Å². The number of aromatic nitrogens is 2. The number of alkyl carbamates (subject to hydrolysis) is 1. The molecule has 2 aliphatic heterocycles. The first-order chi connectivity index (χ1) is 21.1. The molecule has 45 heavy (non-hydrogen) atoms. The topological polar surface area (TPSA) is 120 Å². The number of fused-ring (bicyclic) bond motifs is 5. The number of carbonyl (C=O) groups is 3. The predicted molar refractivity (Wildman–Crippen MR) is 158 cm³/mol. The van der Waals surface area contributed by atoms with Gasteiger partial charge in [0, 0.05) is 12.0 Å². The lowest BCUT2D eigenvalue weighted by Crippen LogP contribution is -2.57. The number of alkyl halides is 3. The van der Waals surface area contributed by atoms with Gasteiger partial charge in [-0.3, -0.25) is 9.59 Å². The van der Waals surface area contributed by atoms with Crippen molar-refractivity contribution >= 4 is 28.8 Å². The van der Waals surface area contributed by atoms with Crippen LogP contribution in [0, 0.1) is 17.3 Å². The lowest BCUT2D eigenvalue weighted by Gasteiger charge is -2.35. The van der Waals surface area contributed by atoms with Crippen LogP contribution in [0.25, 0.3) is 11.0 Å². The van der Waals surface area contributed by atoms with Gasteiger partial charge in [-0.05, 0) is 56.1 Å². The summed E-state index contributed by atoms with van der Waals surface area (Å²) in [6.45, 7) is 7.37. The van der Waals surface area contributed by atoms with Crippen molar-refractivity contribution < 1.29 is 41.8 Å². The quantitative estimate of drug-likeness (QED) is 0.477. The number of hydrogen-bond donors (Lipinski definition) is 1. The van der Waals surface area contributed by atoms with Crippen LogP contribution in [0.15, 0.2) is 18.2 Å². The number of carbonyl (C=O) groups excluding carboxylic acids is 3. The van der Waals surface area contributed by atoms with E-state index in [4.69, 9.17) is 19.2 Å². The first kappa shape index (κ1) is 32.7. The molecule has 10 nitrogen and oxygen atoms in total. The van der Waals surface area contributed by atoms with Gasteiger partial charge in [0.05, 0.1) is 23.6 Å². The highest BCUT2D eigenvalue weighted by atomic mass is 19.4. The SMILES string of the molecule is CC(=O)[C@@H]1[C@H](C)[C@@H]2CN1C(=O)[C@H](C(C)(C)C)NC(=O)O[C@@H]1C[C@H]1CCCCCc1nc3ccc(OCC(F)(F)F)cc3nc1O2. The average molecular weight is 635 g/mol. The van der Waals surface area contributed by atoms with E-state index < -0.39 is 54.3 Å². The van der Waals surface area contributed by atoms with Crippen LogP contribution >= 0.6 is 0 Å². The van der Waals surface area contributed by atoms with Crippen LogP contribution in [0.1, 0.15) is 72.4 Å². The van der Waals surface area contributed by atoms with Crippen LogP contribution in [0.5, 0.6) is 11.6 Å². The maximum Gasteiger partial charge on any atom is 0.422 e. The second-order valence-electron chi connectivity index (χ2n) is 13.6. The fourth-order valence-electron chi connectivity index (χ4n) is 6.28. The number of ether oxygens (including phenoxy) is 3. The Balaban J connectivity index is 1.49. The molecule has 0 spiro atoms. The van der Waals surface area contributed by atoms with Gasteiger partial charge in [0.15, 0.2) is 12.4 Å². The van der Waals surface area contributed by atoms with Crippen molar-refractivity contribution in [2.75, 3.05) is 13.2 Å². The van der Waals surface area contributed by atoms with Crippen molar-refractivity contribution in [1.29, 1.82) is 0 Å². The zero-order valence-electron chi connectivity index (χ0n) is 26.3. The van der Waals surface area contributed by atoms with Crippen LogP contribution in [0.3, 0.4) is 0 Å². The summed E-state index contributed by atoms with van der Waals surface area (Å²) < 4.78 is 55.3. The summed E-state index contributed by atoms with van der Waals surface area (Å²) in [6.07, 6.45) is -1.11. The number of nitrogens with one attached hydrogen (secondary N) is 1. The van der Waals surface area contributed by atoms with E-state index in [1.54, 1.807) is 6.07 Å². The van der Waals surface area contributed by atoms with Gasteiger partial charge in [-0.25, -0.2) is 14.8 Å². The van der Waals surface area contributed by atoms with E-state index in [0.717, 1.165) is 32.1 Å². The molecule has 1 aromatic carbocycles. The van der Waals surface area contributed by atoms with Crippen LogP contribution < -0.4 is 14.8 Å². The molecule has 2 bridgehead atoms. The highest BCUT2D eigenvalue weighted by Crippen LogP contribution is 2.39. The monoisotopic (exact) mass is 634 g/mol. The van der Waals surface area contributed by atoms with Gasteiger partial charge in [-0.2, -0.15) is 13.2 Å². The van der Waals surface area contributed by atoms with E-state index in [-0.39, 0.29) is 36.0 Å². The molecule has 0 unspecified atom stereocenters. The Hall–Kier alpha value is -3.64. The van der Waals surface area contributed by atoms with Crippen LogP contribution in [-0.4, -0.2) is 76.3 Å². The number of rotatable bonds is 3. The average Bonchev–Trinajstić information content (AvgIpc) is 3.59. The molecule has 0 radical (unpaired) electrons. The molecule has 1 aromatic heterocycles. The molecule has 5 rings (SSSR count). The van der Waals surface area contributed by atoms with Gasteiger partial charge in [0.1, 0.15) is 29.7 Å². The first-order valence-electron chi connectivity index (χ1n) is 15.6. The second kappa shape index (κ2) is 12.6. The molecule has 1 aliphatic carbocycles. The third-order valence-corrected chi connectivity index (χ3v) is 8.81. The van der Waals surface area contributed by atoms with Crippen molar-refractivity contribution in [3.63, 3.8) is 0 Å². The summed E-state index contributed by atoms with van der Waals surface area (Å²) in [4.78, 5) is 50.8. The number of nitrogens with zero attached hydrogens (tertiary/aromatic N) is 3. The molecule has 13 heteroatoms. The second-order valence-corrected chi connectivity index (χ2v) is 13.6. The highest BCUT2D eigenvalue weighted by Gasteiger charge is 2.49. The number of halogens is 3. The van der Waals surface area contributed by atoms with Gasteiger partial charge in [-0.15, -0.1) is 0 Å². The van der Waals surface area contributed by atoms with Crippen molar-refractivity contribution in [2.45, 2.75) is 104 Å². The number of aryl methyl sites for hydroxylation is 1. The number of amides is 2. The summed E-state index contributed by atoms with van der Waals surface area (Å²) in [5.41, 5.74) is 0.689. The fourth-order valence-corrected chi connectivity index (χ4v) is 6.28. The minimum Gasteiger partial charge on any atom is -0.484 e. The predicted octanol–water partition coefficient (Wildman–Crippen LogP) is 5.40. The summed E-state index contributed by atoms with van der Waals surface area (Å²) in [5, 5.41) is 2.78. The van der Waals surface area contributed by atoms with Crippen LogP contribution in [0.4, 0.5) is 18.0 Å². The maximum atomic E-state index is 14.1. The zero-order valence-corrected chi connectivity index (χ0v) is 26.3. The zero-order chi connectivity index (χ0) is 32.7. The van der Waals surface area contributed by atoms with Gasteiger partial charge >= 0.3 is 12.3 Å². The molecule has 3 aliphatic rings. The van der Waals surface area contributed by atoms with E-state index in [2.05, 4.69) is 10.3 Å². The third kappa shape index (κ3) is 7.78. The number of Topliss-reactive ketones (excluding diaryl/α,β-unsaturated/α-hetero) is 1. The summed E-state index contributed by atoms with van der Waals surface area (Å²) in [6, 6.07) is 2.62. The standard InChI is InChI=1S/C32H41F3N4O6/c1-17-25-15-39(26(17)18(2)40)29(41)27(31(3,4)5)38-30(42)45-24-13-19(24)9-7-6-8-10-22-28(44-25)37-23-14-20(11-12-21(23)36-22)43-16-32(33,34)35/h11-12,14,17,19,24-27H,6-10,13,15-16H2,1-5H3,(H,38,42)/t17-,19-,24-,25+,26+,27-/m1/s1. The third-order valence-electron chi connectivity index (χ3n) is 8.81. The molecule has 2 aromatic rings. The maximum absolute atomic E-state index is 14.1. The molecular formula is C32H41F3N4O6. The van der Waals surface area contributed by atoms with E-state index in [1.165, 1.54) is 24.0 Å². The number of hydrogen-bond acceptors (Lipinski definition) is 8. The molecule has 2 amide bonds. The van der Waals surface area contributed by atoms with E-state index in [9.17, 15) is 27.6 Å². The van der Waals surface area contributed by atoms with Gasteiger partial charge < -0.3 is 24.4 Å². The summed E-state index contributed by atoms with van der Waals surface area (Å²) >= 11 is 0. The Morgan fingerprint density at radius 2 is 1.82 bits per heavy atom. The highest BCUT2D eigenvalue weighted by molar-refractivity contribution is 5.92. The Kier molecular flexibility index (Phi) is 9.19. The molecule has 1 saturated carbocycles. The molecular weight excluding hydrogens is 593 g/mol. The molecule has 2 fully saturated rings.